The average Bonchev–Trinajstić information content (AvgIpc) is 3.57. The molecule has 3 aromatic rings. The normalized spacial score (nSPS) is 16.9. The molecule has 3 heterocycles. The number of carbonyl (C=O) groups is 4. The molecule has 1 aromatic heterocycles. The molecule has 5 rings (SSSR count). The number of nitrogens with zero attached hydrogens (tertiary/aromatic N) is 3. The molecule has 0 radical (unpaired) electrons. The lowest BCUT2D eigenvalue weighted by Crippen LogP contribution is -2.36. The van der Waals surface area contributed by atoms with E-state index in [1.165, 1.54) is 24.3 Å². The fraction of sp³-hybridized carbons (Fsp3) is 0.231. The van der Waals surface area contributed by atoms with Gasteiger partial charge < -0.3 is 14.8 Å². The minimum Gasteiger partial charge on any atom is -0.341 e. The van der Waals surface area contributed by atoms with Gasteiger partial charge in [-0.15, -0.1) is 0 Å². The quantitative estimate of drug-likeness (QED) is 0.419. The summed E-state index contributed by atoms with van der Waals surface area (Å²) >= 11 is 4.23. The first kappa shape index (κ1) is 25.2. The molecule has 0 saturated carbocycles. The second-order valence-corrected chi connectivity index (χ2v) is 10.7. The summed E-state index contributed by atoms with van der Waals surface area (Å²) in [6.07, 6.45) is 5.44. The molecule has 11 heteroatoms. The van der Waals surface area contributed by atoms with E-state index in [0.29, 0.717) is 11.3 Å². The van der Waals surface area contributed by atoms with Crippen molar-refractivity contribution in [3.8, 4) is 0 Å². The predicted octanol–water partition coefficient (Wildman–Crippen LogP) is 4.84. The largest absolute Gasteiger partial charge is 0.341 e. The number of amides is 4. The average molecular weight is 585 g/mol. The molecular formula is C26H22BrFN4O4S. The molecular weight excluding hydrogens is 563 g/mol. The molecule has 2 fully saturated rings. The Morgan fingerprint density at radius 3 is 2.51 bits per heavy atom. The highest BCUT2D eigenvalue weighted by Crippen LogP contribution is 2.35. The summed E-state index contributed by atoms with van der Waals surface area (Å²) in [5, 5.41) is 2.82. The van der Waals surface area contributed by atoms with Gasteiger partial charge in [-0.05, 0) is 73.1 Å². The number of hydrogen-bond donors (Lipinski definition) is 1. The van der Waals surface area contributed by atoms with Crippen molar-refractivity contribution in [2.75, 3.05) is 25.0 Å². The first-order valence-electron chi connectivity index (χ1n) is 11.7. The van der Waals surface area contributed by atoms with Crippen LogP contribution < -0.4 is 5.32 Å². The van der Waals surface area contributed by atoms with Crippen LogP contribution in [0.15, 0.2) is 58.0 Å². The third-order valence-corrected chi connectivity index (χ3v) is 7.63. The molecule has 8 nitrogen and oxygen atoms in total. The molecule has 0 aliphatic carbocycles. The van der Waals surface area contributed by atoms with Crippen LogP contribution in [0.5, 0.6) is 0 Å². The van der Waals surface area contributed by atoms with Gasteiger partial charge >= 0.3 is 0 Å². The zero-order valence-electron chi connectivity index (χ0n) is 19.6. The lowest BCUT2D eigenvalue weighted by Gasteiger charge is -2.16. The zero-order valence-corrected chi connectivity index (χ0v) is 22.0. The summed E-state index contributed by atoms with van der Waals surface area (Å²) in [5.74, 6) is -1.55. The van der Waals surface area contributed by atoms with Crippen molar-refractivity contribution in [1.29, 1.82) is 0 Å². The predicted molar refractivity (Wildman–Crippen MR) is 143 cm³/mol. The summed E-state index contributed by atoms with van der Waals surface area (Å²) in [4.78, 5) is 53.7. The Morgan fingerprint density at radius 1 is 1.05 bits per heavy atom. The first-order valence-corrected chi connectivity index (χ1v) is 13.3. The highest BCUT2D eigenvalue weighted by atomic mass is 79.9. The van der Waals surface area contributed by atoms with E-state index in [1.807, 2.05) is 27.7 Å². The summed E-state index contributed by atoms with van der Waals surface area (Å²) in [7, 11) is 0. The molecule has 2 aliphatic rings. The van der Waals surface area contributed by atoms with Crippen molar-refractivity contribution in [2.45, 2.75) is 19.4 Å². The number of thioether (sulfide) groups is 1. The van der Waals surface area contributed by atoms with Gasteiger partial charge in [-0.3, -0.25) is 24.1 Å². The van der Waals surface area contributed by atoms with Crippen LogP contribution in [0.2, 0.25) is 0 Å². The number of imide groups is 1. The Morgan fingerprint density at radius 2 is 1.78 bits per heavy atom. The van der Waals surface area contributed by atoms with E-state index in [2.05, 4.69) is 21.2 Å². The molecule has 4 amide bonds. The van der Waals surface area contributed by atoms with Gasteiger partial charge in [0.05, 0.1) is 4.91 Å². The number of hydrogen-bond acceptors (Lipinski definition) is 5. The minimum atomic E-state index is -0.576. The lowest BCUT2D eigenvalue weighted by molar-refractivity contribution is -0.130. The summed E-state index contributed by atoms with van der Waals surface area (Å²) in [6, 6.07) is 10.9. The van der Waals surface area contributed by atoms with Crippen LogP contribution in [-0.2, 0) is 20.9 Å². The van der Waals surface area contributed by atoms with Gasteiger partial charge in [0.1, 0.15) is 18.9 Å². The fourth-order valence-electron chi connectivity index (χ4n) is 4.41. The van der Waals surface area contributed by atoms with Crippen LogP contribution in [-0.4, -0.2) is 57.0 Å². The topological polar surface area (TPSA) is 91.7 Å². The molecule has 0 atom stereocenters. The van der Waals surface area contributed by atoms with Gasteiger partial charge in [0.15, 0.2) is 0 Å². The van der Waals surface area contributed by atoms with Crippen LogP contribution in [0, 0.1) is 5.82 Å². The van der Waals surface area contributed by atoms with Gasteiger partial charge in [-0.25, -0.2) is 4.39 Å². The molecule has 190 valence electrons. The number of nitrogens with one attached hydrogen (secondary N) is 1. The highest BCUT2D eigenvalue weighted by molar-refractivity contribution is 9.10. The number of halogens is 2. The summed E-state index contributed by atoms with van der Waals surface area (Å²) in [6.45, 7) is 1.24. The third kappa shape index (κ3) is 5.47. The van der Waals surface area contributed by atoms with E-state index in [0.717, 1.165) is 58.0 Å². The number of anilines is 1. The van der Waals surface area contributed by atoms with Crippen LogP contribution in [0.3, 0.4) is 0 Å². The fourth-order valence-corrected chi connectivity index (χ4v) is 5.60. The molecule has 2 saturated heterocycles. The van der Waals surface area contributed by atoms with Gasteiger partial charge in [0.2, 0.25) is 11.8 Å². The molecule has 1 N–H and O–H groups in total. The number of carbonyl (C=O) groups excluding carboxylic acids is 4. The zero-order chi connectivity index (χ0) is 26.1. The number of rotatable bonds is 6. The van der Waals surface area contributed by atoms with Gasteiger partial charge in [-0.1, -0.05) is 15.9 Å². The van der Waals surface area contributed by atoms with E-state index in [1.54, 1.807) is 12.3 Å². The first-order chi connectivity index (χ1) is 17.8. The van der Waals surface area contributed by atoms with E-state index in [4.69, 9.17) is 0 Å². The van der Waals surface area contributed by atoms with Crippen molar-refractivity contribution < 1.29 is 23.6 Å². The van der Waals surface area contributed by atoms with Crippen molar-refractivity contribution in [3.05, 3.63) is 69.4 Å². The maximum atomic E-state index is 13.1. The van der Waals surface area contributed by atoms with E-state index in [-0.39, 0.29) is 17.4 Å². The highest BCUT2D eigenvalue weighted by Gasteiger charge is 2.36. The van der Waals surface area contributed by atoms with E-state index in [9.17, 15) is 23.6 Å². The minimum absolute atomic E-state index is 0.0383. The third-order valence-electron chi connectivity index (χ3n) is 6.23. The van der Waals surface area contributed by atoms with E-state index < -0.39 is 29.4 Å². The Hall–Kier alpha value is -3.44. The van der Waals surface area contributed by atoms with Crippen molar-refractivity contribution in [1.82, 2.24) is 14.4 Å². The number of fused-ring (bicyclic) bond motifs is 1. The van der Waals surface area contributed by atoms with Gasteiger partial charge in [-0.2, -0.15) is 0 Å². The summed E-state index contributed by atoms with van der Waals surface area (Å²) < 4.78 is 15.8. The standard InChI is InChI=1S/C26H22BrFN4O4S/c27-17-3-8-21-20(12-17)16(13-31(21)15-24(34)30-9-1-2-10-30)11-22-25(35)32(26(36)37-22)14-23(33)29-19-6-4-18(28)5-7-19/h3-8,11-13H,1-2,9-10,14-15H2,(H,29,33)/b22-11-. The number of likely N-dealkylation sites (tertiary alicyclic amines) is 1. The Balaban J connectivity index is 1.36. The lowest BCUT2D eigenvalue weighted by atomic mass is 10.1. The number of benzene rings is 2. The van der Waals surface area contributed by atoms with Crippen LogP contribution >= 0.6 is 27.7 Å². The van der Waals surface area contributed by atoms with Gasteiger partial charge in [0.25, 0.3) is 11.1 Å². The Kier molecular flexibility index (Phi) is 7.16. The Bertz CT molecular complexity index is 1450. The second kappa shape index (κ2) is 10.5. The number of aromatic nitrogens is 1. The Labute approximate surface area is 224 Å². The monoisotopic (exact) mass is 584 g/mol. The van der Waals surface area contributed by atoms with Crippen molar-refractivity contribution in [2.24, 2.45) is 0 Å². The van der Waals surface area contributed by atoms with Crippen molar-refractivity contribution >= 4 is 73.3 Å². The maximum absolute atomic E-state index is 13.1. The smallest absolute Gasteiger partial charge is 0.294 e. The summed E-state index contributed by atoms with van der Waals surface area (Å²) in [5.41, 5.74) is 1.88. The molecule has 2 aromatic carbocycles. The van der Waals surface area contributed by atoms with Crippen LogP contribution in [0.4, 0.5) is 14.9 Å². The van der Waals surface area contributed by atoms with Gasteiger partial charge in [0, 0.05) is 45.9 Å². The molecule has 0 spiro atoms. The molecule has 37 heavy (non-hydrogen) atoms. The van der Waals surface area contributed by atoms with Crippen LogP contribution in [0.1, 0.15) is 18.4 Å². The van der Waals surface area contributed by atoms with Crippen LogP contribution in [0.25, 0.3) is 17.0 Å². The molecule has 0 bridgehead atoms. The van der Waals surface area contributed by atoms with E-state index >= 15 is 0 Å². The maximum Gasteiger partial charge on any atom is 0.294 e. The molecule has 2 aliphatic heterocycles. The van der Waals surface area contributed by atoms with Crippen molar-refractivity contribution in [3.63, 3.8) is 0 Å². The SMILES string of the molecule is O=C(CN1C(=O)S/C(=C\c2cn(CC(=O)N3CCCC3)c3ccc(Br)cc23)C1=O)Nc1ccc(F)cc1. The molecule has 0 unspecified atom stereocenters. The second-order valence-electron chi connectivity index (χ2n) is 8.78.